The van der Waals surface area contributed by atoms with Gasteiger partial charge in [-0.3, -0.25) is 4.79 Å². The molecule has 3 heteroatoms. The van der Waals surface area contributed by atoms with Crippen molar-refractivity contribution in [2.75, 3.05) is 6.54 Å². The fourth-order valence-electron chi connectivity index (χ4n) is 2.73. The molecule has 3 nitrogen and oxygen atoms in total. The molecule has 1 amide bonds. The molecular weight excluding hydrogens is 248 g/mol. The van der Waals surface area contributed by atoms with E-state index in [-0.39, 0.29) is 11.8 Å². The van der Waals surface area contributed by atoms with Gasteiger partial charge in [-0.05, 0) is 30.7 Å². The van der Waals surface area contributed by atoms with Crippen molar-refractivity contribution >= 4 is 5.91 Å². The molecule has 1 aliphatic carbocycles. The number of carbonyl (C=O) groups excluding carboxylic acids is 1. The number of amides is 1. The molecule has 0 spiro atoms. The Labute approximate surface area is 121 Å². The molecule has 1 atom stereocenters. The summed E-state index contributed by atoms with van der Waals surface area (Å²) in [6, 6.07) is 12.4. The lowest BCUT2D eigenvalue weighted by Gasteiger charge is -2.34. The largest absolute Gasteiger partial charge is 0.354 e. The zero-order valence-corrected chi connectivity index (χ0v) is 12.2. The van der Waals surface area contributed by atoms with Crippen molar-refractivity contribution in [3.8, 4) is 6.07 Å². The molecule has 0 aromatic heterocycles. The van der Waals surface area contributed by atoms with Gasteiger partial charge in [-0.1, -0.05) is 44.2 Å². The van der Waals surface area contributed by atoms with Gasteiger partial charge in [-0.2, -0.15) is 5.26 Å². The van der Waals surface area contributed by atoms with Crippen LogP contribution in [0.3, 0.4) is 0 Å². The summed E-state index contributed by atoms with van der Waals surface area (Å²) in [5.74, 6) is 0.640. The molecule has 1 unspecified atom stereocenters. The van der Waals surface area contributed by atoms with E-state index in [1.165, 1.54) is 5.56 Å². The zero-order valence-electron chi connectivity index (χ0n) is 12.2. The lowest BCUT2D eigenvalue weighted by Crippen LogP contribution is -2.46. The molecule has 0 radical (unpaired) electrons. The van der Waals surface area contributed by atoms with Crippen LogP contribution in [-0.4, -0.2) is 12.5 Å². The number of carbonyl (C=O) groups is 1. The van der Waals surface area contributed by atoms with Crippen LogP contribution in [0.5, 0.6) is 0 Å². The molecule has 1 aromatic carbocycles. The number of nitriles is 1. The van der Waals surface area contributed by atoms with Gasteiger partial charge in [0.1, 0.15) is 5.41 Å². The molecule has 1 N–H and O–H groups in total. The van der Waals surface area contributed by atoms with Gasteiger partial charge < -0.3 is 5.32 Å². The van der Waals surface area contributed by atoms with Gasteiger partial charge >= 0.3 is 0 Å². The first-order valence-corrected chi connectivity index (χ1v) is 7.33. The van der Waals surface area contributed by atoms with E-state index in [9.17, 15) is 10.1 Å². The molecule has 0 aliphatic heterocycles. The van der Waals surface area contributed by atoms with E-state index < -0.39 is 5.41 Å². The Bertz CT molecular complexity index is 497. The number of hydrogen-bond donors (Lipinski definition) is 1. The molecule has 0 heterocycles. The second-order valence-electron chi connectivity index (χ2n) is 6.02. The van der Waals surface area contributed by atoms with E-state index >= 15 is 0 Å². The lowest BCUT2D eigenvalue weighted by molar-refractivity contribution is -0.131. The van der Waals surface area contributed by atoms with Crippen LogP contribution in [0.25, 0.3) is 0 Å². The van der Waals surface area contributed by atoms with Crippen LogP contribution in [0.2, 0.25) is 0 Å². The van der Waals surface area contributed by atoms with Crippen molar-refractivity contribution in [2.45, 2.75) is 39.0 Å². The lowest BCUT2D eigenvalue weighted by atomic mass is 9.69. The number of hydrogen-bond acceptors (Lipinski definition) is 2. The average molecular weight is 270 g/mol. The molecular formula is C17H22N2O. The van der Waals surface area contributed by atoms with Crippen LogP contribution in [0, 0.1) is 22.7 Å². The summed E-state index contributed by atoms with van der Waals surface area (Å²) in [6.07, 6.45) is 2.38. The zero-order chi connectivity index (χ0) is 14.6. The predicted octanol–water partition coefficient (Wildman–Crippen LogP) is 3.24. The fraction of sp³-hybridized carbons (Fsp3) is 0.529. The van der Waals surface area contributed by atoms with Gasteiger partial charge in [0, 0.05) is 12.5 Å². The topological polar surface area (TPSA) is 52.9 Å². The summed E-state index contributed by atoms with van der Waals surface area (Å²) in [4.78, 5) is 12.2. The Hall–Kier alpha value is -1.82. The normalized spacial score (nSPS) is 17.9. The maximum Gasteiger partial charge on any atom is 0.240 e. The van der Waals surface area contributed by atoms with Crippen molar-refractivity contribution in [1.82, 2.24) is 5.32 Å². The van der Waals surface area contributed by atoms with Crippen LogP contribution in [-0.2, 0) is 4.79 Å². The molecule has 1 aliphatic rings. The summed E-state index contributed by atoms with van der Waals surface area (Å²) in [5, 5.41) is 12.2. The van der Waals surface area contributed by atoms with E-state index in [0.29, 0.717) is 25.3 Å². The van der Waals surface area contributed by atoms with Gasteiger partial charge in [0.05, 0.1) is 6.07 Å². The minimum absolute atomic E-state index is 0.0900. The highest BCUT2D eigenvalue weighted by atomic mass is 16.2. The molecule has 1 saturated carbocycles. The van der Waals surface area contributed by atoms with Crippen molar-refractivity contribution in [2.24, 2.45) is 11.3 Å². The number of nitrogens with zero attached hydrogens (tertiary/aromatic N) is 1. The Morgan fingerprint density at radius 3 is 2.45 bits per heavy atom. The van der Waals surface area contributed by atoms with E-state index in [4.69, 9.17) is 0 Å². The van der Waals surface area contributed by atoms with Crippen LogP contribution < -0.4 is 5.32 Å². The minimum atomic E-state index is -0.752. The Morgan fingerprint density at radius 1 is 1.35 bits per heavy atom. The number of rotatable bonds is 5. The smallest absolute Gasteiger partial charge is 0.240 e. The van der Waals surface area contributed by atoms with Gasteiger partial charge in [0.25, 0.3) is 0 Å². The van der Waals surface area contributed by atoms with Crippen molar-refractivity contribution in [1.29, 1.82) is 5.26 Å². The molecule has 2 rings (SSSR count). The highest BCUT2D eigenvalue weighted by Crippen LogP contribution is 2.40. The van der Waals surface area contributed by atoms with Gasteiger partial charge in [0.15, 0.2) is 0 Å². The summed E-state index contributed by atoms with van der Waals surface area (Å²) < 4.78 is 0. The maximum atomic E-state index is 12.2. The Balaban J connectivity index is 2.00. The third kappa shape index (κ3) is 2.85. The second-order valence-corrected chi connectivity index (χ2v) is 6.02. The highest BCUT2D eigenvalue weighted by Gasteiger charge is 2.44. The summed E-state index contributed by atoms with van der Waals surface area (Å²) in [5.41, 5.74) is 0.487. The minimum Gasteiger partial charge on any atom is -0.354 e. The van der Waals surface area contributed by atoms with Crippen LogP contribution >= 0.6 is 0 Å². The Kier molecular flexibility index (Phi) is 4.44. The Morgan fingerprint density at radius 2 is 2.00 bits per heavy atom. The molecule has 106 valence electrons. The second kappa shape index (κ2) is 6.09. The molecule has 0 saturated heterocycles. The van der Waals surface area contributed by atoms with Crippen LogP contribution in [0.4, 0.5) is 0 Å². The average Bonchev–Trinajstić information content (AvgIpc) is 2.39. The van der Waals surface area contributed by atoms with Crippen molar-refractivity contribution in [3.05, 3.63) is 35.9 Å². The first-order chi connectivity index (χ1) is 9.59. The van der Waals surface area contributed by atoms with Crippen molar-refractivity contribution in [3.63, 3.8) is 0 Å². The maximum absolute atomic E-state index is 12.2. The highest BCUT2D eigenvalue weighted by molar-refractivity contribution is 5.86. The third-order valence-electron chi connectivity index (χ3n) is 4.37. The summed E-state index contributed by atoms with van der Waals surface area (Å²) in [6.45, 7) is 4.92. The van der Waals surface area contributed by atoms with Crippen LogP contribution in [0.1, 0.15) is 44.6 Å². The quantitative estimate of drug-likeness (QED) is 0.893. The fourth-order valence-corrected chi connectivity index (χ4v) is 2.73. The molecule has 20 heavy (non-hydrogen) atoms. The number of nitrogens with one attached hydrogen (secondary N) is 1. The SMILES string of the molecule is CC(C)C(CNC(=O)C1(C#N)CCC1)c1ccccc1. The first-order valence-electron chi connectivity index (χ1n) is 7.33. The standard InChI is InChI=1S/C17H22N2O/c1-13(2)15(14-7-4-3-5-8-14)11-19-16(20)17(12-18)9-6-10-17/h3-5,7-8,13,15H,6,9-11H2,1-2H3,(H,19,20). The van der Waals surface area contributed by atoms with Gasteiger partial charge in [-0.25, -0.2) is 0 Å². The van der Waals surface area contributed by atoms with Gasteiger partial charge in [0.2, 0.25) is 5.91 Å². The third-order valence-corrected chi connectivity index (χ3v) is 4.37. The monoisotopic (exact) mass is 270 g/mol. The first kappa shape index (κ1) is 14.6. The summed E-state index contributed by atoms with van der Waals surface area (Å²) in [7, 11) is 0. The molecule has 1 fully saturated rings. The van der Waals surface area contributed by atoms with E-state index in [2.05, 4.69) is 37.4 Å². The van der Waals surface area contributed by atoms with E-state index in [1.54, 1.807) is 0 Å². The van der Waals surface area contributed by atoms with Crippen LogP contribution in [0.15, 0.2) is 30.3 Å². The van der Waals surface area contributed by atoms with E-state index in [1.807, 2.05) is 18.2 Å². The molecule has 0 bridgehead atoms. The van der Waals surface area contributed by atoms with E-state index in [0.717, 1.165) is 6.42 Å². The summed E-state index contributed by atoms with van der Waals surface area (Å²) >= 11 is 0. The number of benzene rings is 1. The van der Waals surface area contributed by atoms with Crippen molar-refractivity contribution < 1.29 is 4.79 Å². The predicted molar refractivity (Wildman–Crippen MR) is 78.9 cm³/mol. The van der Waals surface area contributed by atoms with Gasteiger partial charge in [-0.15, -0.1) is 0 Å². The molecule has 1 aromatic rings.